The highest BCUT2D eigenvalue weighted by molar-refractivity contribution is 8.00. The lowest BCUT2D eigenvalue weighted by Crippen LogP contribution is -2.24. The average molecular weight is 465 g/mol. The SMILES string of the molecule is O=C1CC[C@H](C[C@@H](C(=O)Nc2ccc(C(=O)O)cn2)c2ccc(SC3CC3)c(C3CC3)c2)C1. The van der Waals surface area contributed by atoms with E-state index in [9.17, 15) is 14.4 Å². The standard InChI is InChI=1S/C26H28N2O4S/c29-19-6-1-15(11-19)12-22(25(30)28-24-10-5-18(14-27-24)26(31)32)17-4-9-23(33-20-7-8-20)21(13-17)16-2-3-16/h4-5,9-10,13-16,20,22H,1-3,6-8,11-12H2,(H,31,32)(H,27,28,30)/t15-,22+/m0/s1. The largest absolute Gasteiger partial charge is 0.478 e. The van der Waals surface area contributed by atoms with E-state index in [4.69, 9.17) is 5.11 Å². The number of carbonyl (C=O) groups is 3. The lowest BCUT2D eigenvalue weighted by Gasteiger charge is -2.22. The van der Waals surface area contributed by atoms with Crippen molar-refractivity contribution in [3.05, 3.63) is 53.2 Å². The molecule has 2 aromatic rings. The number of carboxylic acid groups (broad SMARTS) is 1. The maximum Gasteiger partial charge on any atom is 0.337 e. The van der Waals surface area contributed by atoms with Crippen LogP contribution < -0.4 is 5.32 Å². The van der Waals surface area contributed by atoms with Crippen LogP contribution in [0.1, 0.15) is 84.7 Å². The number of Topliss-reactive ketones (excluding diaryl/α,β-unsaturated/α-hetero) is 1. The molecule has 1 amide bonds. The number of amides is 1. The molecule has 3 saturated carbocycles. The van der Waals surface area contributed by atoms with E-state index < -0.39 is 5.97 Å². The maximum absolute atomic E-state index is 13.4. The Morgan fingerprint density at radius 3 is 2.55 bits per heavy atom. The van der Waals surface area contributed by atoms with Gasteiger partial charge in [0.2, 0.25) is 5.91 Å². The van der Waals surface area contributed by atoms with Crippen LogP contribution in [0.3, 0.4) is 0 Å². The van der Waals surface area contributed by atoms with Crippen LogP contribution in [0, 0.1) is 5.92 Å². The van der Waals surface area contributed by atoms with Crippen LogP contribution in [0.4, 0.5) is 5.82 Å². The summed E-state index contributed by atoms with van der Waals surface area (Å²) in [5, 5.41) is 12.7. The molecule has 2 atom stereocenters. The van der Waals surface area contributed by atoms with Crippen molar-refractivity contribution >= 4 is 35.2 Å². The number of hydrogen-bond acceptors (Lipinski definition) is 5. The summed E-state index contributed by atoms with van der Waals surface area (Å²) in [6.07, 6.45) is 8.82. The molecule has 7 heteroatoms. The maximum atomic E-state index is 13.4. The monoisotopic (exact) mass is 464 g/mol. The molecule has 0 aliphatic heterocycles. The molecule has 0 spiro atoms. The lowest BCUT2D eigenvalue weighted by atomic mass is 9.86. The number of ketones is 1. The highest BCUT2D eigenvalue weighted by Crippen LogP contribution is 2.49. The second-order valence-corrected chi connectivity index (χ2v) is 10.9. The van der Waals surface area contributed by atoms with Gasteiger partial charge in [-0.25, -0.2) is 9.78 Å². The van der Waals surface area contributed by atoms with Gasteiger partial charge in [-0.05, 0) is 79.7 Å². The zero-order valence-corrected chi connectivity index (χ0v) is 19.3. The molecular formula is C26H28N2O4S. The van der Waals surface area contributed by atoms with Gasteiger partial charge in [0.05, 0.1) is 11.5 Å². The van der Waals surface area contributed by atoms with Gasteiger partial charge in [-0.3, -0.25) is 9.59 Å². The molecule has 33 heavy (non-hydrogen) atoms. The van der Waals surface area contributed by atoms with Crippen molar-refractivity contribution in [2.75, 3.05) is 5.32 Å². The van der Waals surface area contributed by atoms with Gasteiger partial charge in [-0.2, -0.15) is 0 Å². The number of pyridine rings is 1. The molecule has 0 bridgehead atoms. The van der Waals surface area contributed by atoms with Crippen LogP contribution in [0.5, 0.6) is 0 Å². The molecular weight excluding hydrogens is 436 g/mol. The molecule has 1 aromatic carbocycles. The normalized spacial score (nSPS) is 21.1. The number of hydrogen-bond donors (Lipinski definition) is 2. The van der Waals surface area contributed by atoms with Crippen molar-refractivity contribution in [1.29, 1.82) is 0 Å². The van der Waals surface area contributed by atoms with E-state index in [1.54, 1.807) is 0 Å². The number of aromatic nitrogens is 1. The zero-order valence-electron chi connectivity index (χ0n) is 18.5. The first-order chi connectivity index (χ1) is 16.0. The van der Waals surface area contributed by atoms with Gasteiger partial charge >= 0.3 is 5.97 Å². The van der Waals surface area contributed by atoms with Crippen molar-refractivity contribution in [2.24, 2.45) is 5.92 Å². The van der Waals surface area contributed by atoms with E-state index in [1.165, 1.54) is 54.5 Å². The molecule has 3 aliphatic carbocycles. The molecule has 1 heterocycles. The van der Waals surface area contributed by atoms with Gasteiger partial charge in [-0.1, -0.05) is 12.1 Å². The van der Waals surface area contributed by atoms with Gasteiger partial charge in [-0.15, -0.1) is 11.8 Å². The minimum atomic E-state index is -1.05. The number of rotatable bonds is 9. The van der Waals surface area contributed by atoms with Crippen LogP contribution in [0.2, 0.25) is 0 Å². The van der Waals surface area contributed by atoms with Crippen LogP contribution in [-0.4, -0.2) is 33.0 Å². The molecule has 0 unspecified atom stereocenters. The Morgan fingerprint density at radius 2 is 1.94 bits per heavy atom. The first-order valence-electron chi connectivity index (χ1n) is 11.8. The van der Waals surface area contributed by atoms with Crippen LogP contribution in [-0.2, 0) is 9.59 Å². The highest BCUT2D eigenvalue weighted by atomic mass is 32.2. The quantitative estimate of drug-likeness (QED) is 0.516. The molecule has 3 aliphatic rings. The average Bonchev–Trinajstić information content (AvgIpc) is 3.73. The molecule has 3 fully saturated rings. The molecule has 1 aromatic heterocycles. The minimum absolute atomic E-state index is 0.0758. The van der Waals surface area contributed by atoms with E-state index in [1.807, 2.05) is 11.8 Å². The molecule has 172 valence electrons. The molecule has 6 nitrogen and oxygen atoms in total. The van der Waals surface area contributed by atoms with E-state index >= 15 is 0 Å². The van der Waals surface area contributed by atoms with Crippen molar-refractivity contribution in [3.8, 4) is 0 Å². The molecule has 5 rings (SSSR count). The Kier molecular flexibility index (Phi) is 6.23. The van der Waals surface area contributed by atoms with Gasteiger partial charge in [0.25, 0.3) is 0 Å². The van der Waals surface area contributed by atoms with Gasteiger partial charge in [0, 0.05) is 29.2 Å². The minimum Gasteiger partial charge on any atom is -0.478 e. The van der Waals surface area contributed by atoms with Gasteiger partial charge in [0.15, 0.2) is 0 Å². The number of benzene rings is 1. The van der Waals surface area contributed by atoms with Gasteiger partial charge < -0.3 is 10.4 Å². The summed E-state index contributed by atoms with van der Waals surface area (Å²) in [4.78, 5) is 41.8. The Labute approximate surface area is 197 Å². The third-order valence-electron chi connectivity index (χ3n) is 6.77. The summed E-state index contributed by atoms with van der Waals surface area (Å²) in [7, 11) is 0. The summed E-state index contributed by atoms with van der Waals surface area (Å²) in [6.45, 7) is 0. The van der Waals surface area contributed by atoms with Crippen LogP contribution >= 0.6 is 11.8 Å². The van der Waals surface area contributed by atoms with Crippen LogP contribution in [0.15, 0.2) is 41.4 Å². The summed E-state index contributed by atoms with van der Waals surface area (Å²) < 4.78 is 0. The lowest BCUT2D eigenvalue weighted by molar-refractivity contribution is -0.119. The number of carbonyl (C=O) groups excluding carboxylic acids is 2. The Bertz CT molecular complexity index is 1080. The predicted octanol–water partition coefficient (Wildman–Crippen LogP) is 5.39. The van der Waals surface area contributed by atoms with E-state index in [2.05, 4.69) is 28.5 Å². The van der Waals surface area contributed by atoms with Crippen LogP contribution in [0.25, 0.3) is 0 Å². The van der Waals surface area contributed by atoms with Crippen molar-refractivity contribution in [1.82, 2.24) is 4.98 Å². The summed E-state index contributed by atoms with van der Waals surface area (Å²) in [5.74, 6) is -0.177. The highest BCUT2D eigenvalue weighted by Gasteiger charge is 2.33. The fraction of sp³-hybridized carbons (Fsp3) is 0.462. The van der Waals surface area contributed by atoms with Crippen molar-refractivity contribution in [2.45, 2.75) is 73.3 Å². The fourth-order valence-electron chi connectivity index (χ4n) is 4.60. The van der Waals surface area contributed by atoms with E-state index in [-0.39, 0.29) is 29.1 Å². The molecule has 0 saturated heterocycles. The van der Waals surface area contributed by atoms with E-state index in [0.29, 0.717) is 31.0 Å². The smallest absolute Gasteiger partial charge is 0.337 e. The number of carboxylic acids is 1. The van der Waals surface area contributed by atoms with Crippen molar-refractivity contribution in [3.63, 3.8) is 0 Å². The Hall–Kier alpha value is -2.67. The second kappa shape index (κ2) is 9.29. The first kappa shape index (κ1) is 22.1. The molecule has 2 N–H and O–H groups in total. The number of nitrogens with zero attached hydrogens (tertiary/aromatic N) is 1. The Morgan fingerprint density at radius 1 is 1.12 bits per heavy atom. The topological polar surface area (TPSA) is 96.4 Å². The summed E-state index contributed by atoms with van der Waals surface area (Å²) >= 11 is 1.97. The number of anilines is 1. The fourth-order valence-corrected chi connectivity index (χ4v) is 5.84. The number of nitrogens with one attached hydrogen (secondary N) is 1. The van der Waals surface area contributed by atoms with Gasteiger partial charge in [0.1, 0.15) is 11.6 Å². The second-order valence-electron chi connectivity index (χ2n) is 9.55. The van der Waals surface area contributed by atoms with E-state index in [0.717, 1.165) is 17.2 Å². The predicted molar refractivity (Wildman–Crippen MR) is 127 cm³/mol. The summed E-state index contributed by atoms with van der Waals surface area (Å²) in [5.41, 5.74) is 2.44. The third kappa shape index (κ3) is 5.46. The van der Waals surface area contributed by atoms with Crippen molar-refractivity contribution < 1.29 is 19.5 Å². The Balaban J connectivity index is 1.40. The zero-order chi connectivity index (χ0) is 22.9. The number of thioether (sulfide) groups is 1. The summed E-state index contributed by atoms with van der Waals surface area (Å²) in [6, 6.07) is 9.45. The molecule has 0 radical (unpaired) electrons. The number of aromatic carboxylic acids is 1. The first-order valence-corrected chi connectivity index (χ1v) is 12.7. The third-order valence-corrected chi connectivity index (χ3v) is 8.20.